The lowest BCUT2D eigenvalue weighted by Crippen LogP contribution is -2.23. The molecule has 0 fully saturated rings. The van der Waals surface area contributed by atoms with Crippen molar-refractivity contribution in [2.45, 2.75) is 66.2 Å². The molecular weight excluding hydrogens is 336 g/mol. The fraction of sp³-hybridized carbons (Fsp3) is 0.435. The van der Waals surface area contributed by atoms with E-state index in [-0.39, 0.29) is 0 Å². The van der Waals surface area contributed by atoms with Crippen LogP contribution in [-0.4, -0.2) is 5.11 Å². The number of benzene rings is 2. The maximum absolute atomic E-state index is 5.70. The number of para-hydroxylation sites is 2. The van der Waals surface area contributed by atoms with Crippen LogP contribution in [0.4, 0.5) is 11.4 Å². The van der Waals surface area contributed by atoms with E-state index in [2.05, 4.69) is 88.6 Å². The summed E-state index contributed by atoms with van der Waals surface area (Å²) in [4.78, 5) is 0. The Labute approximate surface area is 164 Å². The number of aryl methyl sites for hydroxylation is 2. The van der Waals surface area contributed by atoms with E-state index in [4.69, 9.17) is 12.2 Å². The van der Waals surface area contributed by atoms with Crippen molar-refractivity contribution in [3.05, 3.63) is 58.7 Å². The molecule has 0 aliphatic heterocycles. The van der Waals surface area contributed by atoms with Gasteiger partial charge in [0.05, 0.1) is 0 Å². The van der Waals surface area contributed by atoms with Crippen molar-refractivity contribution in [1.82, 2.24) is 0 Å². The molecule has 0 unspecified atom stereocenters. The molecule has 2 nitrogen and oxygen atoms in total. The highest BCUT2D eigenvalue weighted by molar-refractivity contribution is 7.80. The summed E-state index contributed by atoms with van der Waals surface area (Å²) >= 11 is 5.70. The van der Waals surface area contributed by atoms with Crippen LogP contribution < -0.4 is 10.6 Å². The zero-order valence-electron chi connectivity index (χ0n) is 16.9. The molecule has 2 aromatic carbocycles. The molecule has 0 heterocycles. The number of hydrogen-bond acceptors (Lipinski definition) is 1. The Morgan fingerprint density at radius 1 is 0.769 bits per heavy atom. The van der Waals surface area contributed by atoms with Crippen molar-refractivity contribution in [3.63, 3.8) is 0 Å². The Morgan fingerprint density at radius 3 is 1.62 bits per heavy atom. The first-order valence-electron chi connectivity index (χ1n) is 9.70. The molecule has 140 valence electrons. The van der Waals surface area contributed by atoms with Crippen LogP contribution in [-0.2, 0) is 12.8 Å². The van der Waals surface area contributed by atoms with Crippen molar-refractivity contribution in [2.75, 3.05) is 10.6 Å². The van der Waals surface area contributed by atoms with Crippen molar-refractivity contribution in [3.8, 4) is 0 Å². The zero-order chi connectivity index (χ0) is 19.3. The lowest BCUT2D eigenvalue weighted by molar-refractivity contribution is 0.839. The van der Waals surface area contributed by atoms with Gasteiger partial charge in [0.15, 0.2) is 5.11 Å². The van der Waals surface area contributed by atoms with Gasteiger partial charge >= 0.3 is 0 Å². The number of thiocarbonyl (C=S) groups is 1. The summed E-state index contributed by atoms with van der Waals surface area (Å²) in [7, 11) is 0. The summed E-state index contributed by atoms with van der Waals surface area (Å²) in [5.74, 6) is 0.876. The molecule has 0 saturated carbocycles. The van der Waals surface area contributed by atoms with Gasteiger partial charge in [-0.3, -0.25) is 0 Å². The number of nitrogens with one attached hydrogen (secondary N) is 2. The van der Waals surface area contributed by atoms with Gasteiger partial charge in [0.2, 0.25) is 0 Å². The van der Waals surface area contributed by atoms with Crippen molar-refractivity contribution in [1.29, 1.82) is 0 Å². The van der Waals surface area contributed by atoms with Crippen LogP contribution in [0.2, 0.25) is 0 Å². The highest BCUT2D eigenvalue weighted by Crippen LogP contribution is 2.32. The molecule has 0 bridgehead atoms. The molecule has 0 aliphatic rings. The second kappa shape index (κ2) is 9.18. The molecular formula is C23H32N2S. The van der Waals surface area contributed by atoms with Crippen LogP contribution in [0.1, 0.15) is 75.6 Å². The minimum absolute atomic E-state index is 0.438. The van der Waals surface area contributed by atoms with Crippen LogP contribution in [0, 0.1) is 0 Å². The van der Waals surface area contributed by atoms with E-state index in [0.29, 0.717) is 16.9 Å². The Bertz CT molecular complexity index is 714. The molecule has 26 heavy (non-hydrogen) atoms. The second-order valence-electron chi connectivity index (χ2n) is 7.36. The van der Waals surface area contributed by atoms with Crippen molar-refractivity contribution in [2.24, 2.45) is 0 Å². The summed E-state index contributed by atoms with van der Waals surface area (Å²) in [5, 5.41) is 7.66. The first-order chi connectivity index (χ1) is 12.4. The monoisotopic (exact) mass is 368 g/mol. The van der Waals surface area contributed by atoms with Crippen LogP contribution in [0.3, 0.4) is 0 Å². The van der Waals surface area contributed by atoms with E-state index in [1.165, 1.54) is 22.3 Å². The molecule has 2 rings (SSSR count). The molecule has 0 radical (unpaired) electrons. The van der Waals surface area contributed by atoms with Gasteiger partial charge < -0.3 is 10.6 Å². The second-order valence-corrected chi connectivity index (χ2v) is 7.77. The molecule has 0 aromatic heterocycles. The predicted octanol–water partition coefficient (Wildman–Crippen LogP) is 6.87. The van der Waals surface area contributed by atoms with Gasteiger partial charge in [-0.1, -0.05) is 77.9 Å². The number of anilines is 2. The highest BCUT2D eigenvalue weighted by Gasteiger charge is 2.15. The van der Waals surface area contributed by atoms with Crippen molar-refractivity contribution >= 4 is 28.7 Å². The molecule has 0 aliphatic carbocycles. The normalized spacial score (nSPS) is 11.1. The summed E-state index contributed by atoms with van der Waals surface area (Å²) in [5.41, 5.74) is 7.52. The van der Waals surface area contributed by atoms with Gasteiger partial charge in [-0.2, -0.15) is 0 Å². The fourth-order valence-electron chi connectivity index (χ4n) is 3.36. The maximum Gasteiger partial charge on any atom is 0.175 e. The standard InChI is InChI=1S/C23H32N2S/c1-7-17-11-9-12-18(8-2)21(17)24-23(26)25-22-19(15(3)4)13-10-14-20(22)16(5)6/h9-16H,7-8H2,1-6H3,(H2,24,25,26). The molecule has 0 atom stereocenters. The van der Waals surface area contributed by atoms with Crippen LogP contribution >= 0.6 is 12.2 Å². The largest absolute Gasteiger partial charge is 0.332 e. The highest BCUT2D eigenvalue weighted by atomic mass is 32.1. The first kappa shape index (κ1) is 20.4. The van der Waals surface area contributed by atoms with E-state index in [9.17, 15) is 0 Å². The van der Waals surface area contributed by atoms with E-state index in [0.717, 1.165) is 24.2 Å². The summed E-state index contributed by atoms with van der Waals surface area (Å²) in [6, 6.07) is 13.0. The molecule has 3 heteroatoms. The topological polar surface area (TPSA) is 24.1 Å². The quantitative estimate of drug-likeness (QED) is 0.544. The van der Waals surface area contributed by atoms with Gasteiger partial charge in [-0.15, -0.1) is 0 Å². The molecule has 0 spiro atoms. The van der Waals surface area contributed by atoms with Gasteiger partial charge in [-0.05, 0) is 59.1 Å². The van der Waals surface area contributed by atoms with Gasteiger partial charge in [0, 0.05) is 11.4 Å². The van der Waals surface area contributed by atoms with E-state index in [1.807, 2.05) is 0 Å². The third-order valence-electron chi connectivity index (χ3n) is 4.85. The minimum Gasteiger partial charge on any atom is -0.332 e. The predicted molar refractivity (Wildman–Crippen MR) is 120 cm³/mol. The Hall–Kier alpha value is -1.87. The minimum atomic E-state index is 0.438. The van der Waals surface area contributed by atoms with Crippen LogP contribution in [0.5, 0.6) is 0 Å². The smallest absolute Gasteiger partial charge is 0.175 e. The molecule has 0 saturated heterocycles. The Kier molecular flexibility index (Phi) is 7.22. The van der Waals surface area contributed by atoms with Crippen LogP contribution in [0.15, 0.2) is 36.4 Å². The van der Waals surface area contributed by atoms with E-state index < -0.39 is 0 Å². The van der Waals surface area contributed by atoms with E-state index >= 15 is 0 Å². The Balaban J connectivity index is 2.35. The molecule has 2 N–H and O–H groups in total. The number of rotatable bonds is 6. The van der Waals surface area contributed by atoms with Gasteiger partial charge in [-0.25, -0.2) is 0 Å². The molecule has 0 amide bonds. The average molecular weight is 369 g/mol. The fourth-order valence-corrected chi connectivity index (χ4v) is 3.56. The van der Waals surface area contributed by atoms with Crippen molar-refractivity contribution < 1.29 is 0 Å². The third-order valence-corrected chi connectivity index (χ3v) is 5.05. The summed E-state index contributed by atoms with van der Waals surface area (Å²) in [6.45, 7) is 13.3. The van der Waals surface area contributed by atoms with E-state index in [1.54, 1.807) is 0 Å². The third kappa shape index (κ3) is 4.64. The molecule has 2 aromatic rings. The first-order valence-corrected chi connectivity index (χ1v) is 10.1. The van der Waals surface area contributed by atoms with Gasteiger partial charge in [0.25, 0.3) is 0 Å². The summed E-state index contributed by atoms with van der Waals surface area (Å²) in [6.07, 6.45) is 1.97. The zero-order valence-corrected chi connectivity index (χ0v) is 17.8. The lowest BCUT2D eigenvalue weighted by atomic mass is 9.93. The number of hydrogen-bond donors (Lipinski definition) is 2. The average Bonchev–Trinajstić information content (AvgIpc) is 2.61. The van der Waals surface area contributed by atoms with Gasteiger partial charge in [0.1, 0.15) is 0 Å². The maximum atomic E-state index is 5.70. The lowest BCUT2D eigenvalue weighted by Gasteiger charge is -2.23. The van der Waals surface area contributed by atoms with Crippen LogP contribution in [0.25, 0.3) is 0 Å². The Morgan fingerprint density at radius 2 is 1.19 bits per heavy atom. The SMILES string of the molecule is CCc1cccc(CC)c1NC(=S)Nc1c(C(C)C)cccc1C(C)C. The summed E-state index contributed by atoms with van der Waals surface area (Å²) < 4.78 is 0.